The van der Waals surface area contributed by atoms with E-state index < -0.39 is 11.9 Å². The molecule has 2 aliphatic heterocycles. The van der Waals surface area contributed by atoms with E-state index in [0.717, 1.165) is 0 Å². The number of hydrogen-bond acceptors (Lipinski definition) is 4. The zero-order valence-electron chi connectivity index (χ0n) is 12.3. The lowest BCUT2D eigenvalue weighted by Gasteiger charge is -2.32. The van der Waals surface area contributed by atoms with Gasteiger partial charge in [-0.05, 0) is 12.8 Å². The van der Waals surface area contributed by atoms with Gasteiger partial charge in [-0.15, -0.1) is 0 Å². The normalized spacial score (nSPS) is 26.2. The first-order valence-corrected chi connectivity index (χ1v) is 7.31. The number of carbonyl (C=O) groups excluding carboxylic acids is 2. The van der Waals surface area contributed by atoms with Gasteiger partial charge in [-0.3, -0.25) is 14.4 Å². The van der Waals surface area contributed by atoms with E-state index in [1.54, 1.807) is 16.9 Å². The Morgan fingerprint density at radius 3 is 2.76 bits per heavy atom. The summed E-state index contributed by atoms with van der Waals surface area (Å²) in [6.45, 7) is 2.21. The highest BCUT2D eigenvalue weighted by Gasteiger charge is 2.38. The molecular weight excluding hydrogens is 276 g/mol. The summed E-state index contributed by atoms with van der Waals surface area (Å²) in [6, 6.07) is 0. The summed E-state index contributed by atoms with van der Waals surface area (Å²) < 4.78 is 4.95. The number of amides is 2. The first-order valence-electron chi connectivity index (χ1n) is 7.31. The highest BCUT2D eigenvalue weighted by Crippen LogP contribution is 2.24. The van der Waals surface area contributed by atoms with E-state index >= 15 is 0 Å². The molecule has 118 valence electrons. The summed E-state index contributed by atoms with van der Waals surface area (Å²) in [7, 11) is 1.57. The van der Waals surface area contributed by atoms with Gasteiger partial charge in [0.05, 0.1) is 18.4 Å². The van der Waals surface area contributed by atoms with E-state index in [1.807, 2.05) is 0 Å². The average Bonchev–Trinajstić information content (AvgIpc) is 2.85. The third-order valence-corrected chi connectivity index (χ3v) is 4.21. The predicted molar refractivity (Wildman–Crippen MR) is 73.5 cm³/mol. The zero-order valence-corrected chi connectivity index (χ0v) is 12.3. The zero-order chi connectivity index (χ0) is 15.4. The molecule has 2 amide bonds. The molecule has 0 spiro atoms. The minimum atomic E-state index is -0.850. The van der Waals surface area contributed by atoms with Crippen LogP contribution in [0.4, 0.5) is 0 Å². The van der Waals surface area contributed by atoms with Crippen LogP contribution < -0.4 is 0 Å². The van der Waals surface area contributed by atoms with Crippen LogP contribution in [0.25, 0.3) is 0 Å². The topological polar surface area (TPSA) is 87.2 Å². The number of hydrogen-bond donors (Lipinski definition) is 1. The number of aliphatic carboxylic acids is 1. The number of likely N-dealkylation sites (tertiary alicyclic amines) is 2. The highest BCUT2D eigenvalue weighted by atomic mass is 16.5. The molecule has 1 N–H and O–H groups in total. The van der Waals surface area contributed by atoms with Crippen molar-refractivity contribution in [3.8, 4) is 0 Å². The van der Waals surface area contributed by atoms with Gasteiger partial charge in [-0.1, -0.05) is 0 Å². The van der Waals surface area contributed by atoms with Crippen molar-refractivity contribution in [2.75, 3.05) is 39.9 Å². The molecule has 2 saturated heterocycles. The number of nitrogens with zero attached hydrogens (tertiary/aromatic N) is 2. The lowest BCUT2D eigenvalue weighted by molar-refractivity contribution is -0.146. The van der Waals surface area contributed by atoms with Crippen molar-refractivity contribution >= 4 is 17.8 Å². The molecular formula is C14H22N2O5. The van der Waals surface area contributed by atoms with Crippen molar-refractivity contribution in [1.82, 2.24) is 9.80 Å². The van der Waals surface area contributed by atoms with E-state index in [0.29, 0.717) is 39.1 Å². The van der Waals surface area contributed by atoms with E-state index in [1.165, 1.54) is 0 Å². The second-order valence-electron chi connectivity index (χ2n) is 5.70. The first kappa shape index (κ1) is 15.8. The molecule has 0 saturated carbocycles. The number of piperidine rings is 1. The third-order valence-electron chi connectivity index (χ3n) is 4.21. The minimum Gasteiger partial charge on any atom is -0.481 e. The van der Waals surface area contributed by atoms with E-state index in [2.05, 4.69) is 0 Å². The molecule has 0 bridgehead atoms. The first-order chi connectivity index (χ1) is 10.0. The summed E-state index contributed by atoms with van der Waals surface area (Å²) in [5.74, 6) is -1.80. The Morgan fingerprint density at radius 2 is 2.10 bits per heavy atom. The molecule has 7 heteroatoms. The summed E-state index contributed by atoms with van der Waals surface area (Å²) >= 11 is 0. The molecule has 2 heterocycles. The summed E-state index contributed by atoms with van der Waals surface area (Å²) in [4.78, 5) is 38.6. The molecule has 2 rings (SSSR count). The quantitative estimate of drug-likeness (QED) is 0.760. The van der Waals surface area contributed by atoms with E-state index in [-0.39, 0.29) is 30.7 Å². The fourth-order valence-corrected chi connectivity index (χ4v) is 2.99. The standard InChI is InChI=1S/C14H22N2O5/c1-21-6-5-15-9-11(7-12(15)17)13(18)16-4-2-3-10(8-16)14(19)20/h10-11H,2-9H2,1H3,(H,19,20)/t10-,11?/m0/s1. The van der Waals surface area contributed by atoms with Crippen LogP contribution >= 0.6 is 0 Å². The highest BCUT2D eigenvalue weighted by molar-refractivity contribution is 5.89. The van der Waals surface area contributed by atoms with Crippen LogP contribution in [0.5, 0.6) is 0 Å². The second kappa shape index (κ2) is 6.89. The number of methoxy groups -OCH3 is 1. The average molecular weight is 298 g/mol. The number of carboxylic acid groups (broad SMARTS) is 1. The van der Waals surface area contributed by atoms with Gasteiger partial charge >= 0.3 is 5.97 Å². The smallest absolute Gasteiger partial charge is 0.308 e. The van der Waals surface area contributed by atoms with Gasteiger partial charge in [0, 0.05) is 39.7 Å². The lowest BCUT2D eigenvalue weighted by atomic mass is 9.96. The molecule has 2 aliphatic rings. The number of carbonyl (C=O) groups is 3. The summed E-state index contributed by atoms with van der Waals surface area (Å²) in [6.07, 6.45) is 1.54. The maximum Gasteiger partial charge on any atom is 0.308 e. The Morgan fingerprint density at radius 1 is 1.33 bits per heavy atom. The molecule has 1 unspecified atom stereocenters. The van der Waals surface area contributed by atoms with Crippen molar-refractivity contribution in [3.05, 3.63) is 0 Å². The Labute approximate surface area is 123 Å². The Balaban J connectivity index is 1.91. The number of carboxylic acids is 1. The van der Waals surface area contributed by atoms with Crippen molar-refractivity contribution in [2.24, 2.45) is 11.8 Å². The molecule has 7 nitrogen and oxygen atoms in total. The summed E-state index contributed by atoms with van der Waals surface area (Å²) in [5.41, 5.74) is 0. The number of rotatable bonds is 5. The largest absolute Gasteiger partial charge is 0.481 e. The molecule has 0 aromatic heterocycles. The van der Waals surface area contributed by atoms with Gasteiger partial charge in [-0.2, -0.15) is 0 Å². The van der Waals surface area contributed by atoms with E-state index in [9.17, 15) is 14.4 Å². The van der Waals surface area contributed by atoms with Crippen molar-refractivity contribution in [1.29, 1.82) is 0 Å². The third kappa shape index (κ3) is 3.72. The van der Waals surface area contributed by atoms with E-state index in [4.69, 9.17) is 9.84 Å². The van der Waals surface area contributed by atoms with Crippen LogP contribution in [-0.2, 0) is 19.1 Å². The molecule has 0 radical (unpaired) electrons. The SMILES string of the molecule is COCCN1CC(C(=O)N2CCC[C@H](C(=O)O)C2)CC1=O. The van der Waals surface area contributed by atoms with Gasteiger partial charge in [0.2, 0.25) is 11.8 Å². The second-order valence-corrected chi connectivity index (χ2v) is 5.70. The molecule has 0 aromatic rings. The fraction of sp³-hybridized carbons (Fsp3) is 0.786. The van der Waals surface area contributed by atoms with Crippen LogP contribution in [0.2, 0.25) is 0 Å². The Bertz CT molecular complexity index is 426. The predicted octanol–water partition coefficient (Wildman–Crippen LogP) is -0.195. The molecule has 0 aliphatic carbocycles. The van der Waals surface area contributed by atoms with Crippen LogP contribution in [0.1, 0.15) is 19.3 Å². The van der Waals surface area contributed by atoms with Crippen LogP contribution in [0.3, 0.4) is 0 Å². The monoisotopic (exact) mass is 298 g/mol. The number of ether oxygens (including phenoxy) is 1. The molecule has 0 aromatic carbocycles. The molecule has 2 atom stereocenters. The maximum absolute atomic E-state index is 12.5. The molecule has 2 fully saturated rings. The van der Waals surface area contributed by atoms with Crippen molar-refractivity contribution < 1.29 is 24.2 Å². The lowest BCUT2D eigenvalue weighted by Crippen LogP contribution is -2.45. The van der Waals surface area contributed by atoms with Crippen LogP contribution in [0.15, 0.2) is 0 Å². The summed E-state index contributed by atoms with van der Waals surface area (Å²) in [5, 5.41) is 9.07. The van der Waals surface area contributed by atoms with Crippen LogP contribution in [-0.4, -0.2) is 72.6 Å². The van der Waals surface area contributed by atoms with Gasteiger partial charge in [-0.25, -0.2) is 0 Å². The van der Waals surface area contributed by atoms with Gasteiger partial charge < -0.3 is 19.6 Å². The fourth-order valence-electron chi connectivity index (χ4n) is 2.99. The van der Waals surface area contributed by atoms with Gasteiger partial charge in [0.15, 0.2) is 0 Å². The van der Waals surface area contributed by atoms with Gasteiger partial charge in [0.25, 0.3) is 0 Å². The minimum absolute atomic E-state index is 0.0304. The van der Waals surface area contributed by atoms with Gasteiger partial charge in [0.1, 0.15) is 0 Å². The van der Waals surface area contributed by atoms with Crippen molar-refractivity contribution in [2.45, 2.75) is 19.3 Å². The van der Waals surface area contributed by atoms with Crippen molar-refractivity contribution in [3.63, 3.8) is 0 Å². The Kier molecular flexibility index (Phi) is 5.17. The Hall–Kier alpha value is -1.63. The maximum atomic E-state index is 12.5. The van der Waals surface area contributed by atoms with Crippen LogP contribution in [0, 0.1) is 11.8 Å². The molecule has 21 heavy (non-hydrogen) atoms.